The molecule has 2 amide bonds. The third-order valence-electron chi connectivity index (χ3n) is 3.81. The van der Waals surface area contributed by atoms with Gasteiger partial charge in [-0.15, -0.1) is 0 Å². The van der Waals surface area contributed by atoms with Gasteiger partial charge in [0.1, 0.15) is 5.75 Å². The Labute approximate surface area is 151 Å². The fraction of sp³-hybridized carbons (Fsp3) is 0.263. The largest absolute Gasteiger partial charge is 0.481 e. The molecule has 0 unspecified atom stereocenters. The summed E-state index contributed by atoms with van der Waals surface area (Å²) in [5.74, 6) is 0.162. The van der Waals surface area contributed by atoms with Crippen LogP contribution in [0.3, 0.4) is 0 Å². The van der Waals surface area contributed by atoms with Crippen molar-refractivity contribution in [1.82, 2.24) is 5.32 Å². The van der Waals surface area contributed by atoms with Crippen molar-refractivity contribution in [3.05, 3.63) is 59.1 Å². The minimum atomic E-state index is -0.684. The van der Waals surface area contributed by atoms with Crippen LogP contribution in [0, 0.1) is 0 Å². The molecule has 0 spiro atoms. The second-order valence-electron chi connectivity index (χ2n) is 6.03. The van der Waals surface area contributed by atoms with E-state index in [9.17, 15) is 9.59 Å². The molecule has 3 rings (SSSR count). The molecule has 0 bridgehead atoms. The van der Waals surface area contributed by atoms with E-state index in [1.165, 1.54) is 0 Å². The summed E-state index contributed by atoms with van der Waals surface area (Å²) in [5.41, 5.74) is 1.18. The molecular weight excluding hydrogens is 340 g/mol. The van der Waals surface area contributed by atoms with Crippen molar-refractivity contribution in [3.63, 3.8) is 0 Å². The number of ether oxygens (including phenoxy) is 1. The highest BCUT2D eigenvalue weighted by atomic mass is 35.5. The molecule has 2 N–H and O–H groups in total. The molecule has 2 aromatic carbocycles. The van der Waals surface area contributed by atoms with Crippen molar-refractivity contribution in [2.45, 2.75) is 31.9 Å². The Balaban J connectivity index is 1.55. The van der Waals surface area contributed by atoms with Gasteiger partial charge in [0.15, 0.2) is 6.10 Å². The highest BCUT2D eigenvalue weighted by molar-refractivity contribution is 6.30. The van der Waals surface area contributed by atoms with Crippen LogP contribution >= 0.6 is 11.6 Å². The predicted molar refractivity (Wildman–Crippen MR) is 97.1 cm³/mol. The number of carbonyl (C=O) groups is 2. The average Bonchev–Trinajstić information content (AvgIpc) is 3.39. The molecule has 5 nitrogen and oxygen atoms in total. The number of benzene rings is 2. The van der Waals surface area contributed by atoms with E-state index in [-0.39, 0.29) is 11.8 Å². The van der Waals surface area contributed by atoms with Crippen molar-refractivity contribution in [3.8, 4) is 5.75 Å². The van der Waals surface area contributed by atoms with Gasteiger partial charge >= 0.3 is 0 Å². The van der Waals surface area contributed by atoms with Gasteiger partial charge in [0.05, 0.1) is 0 Å². The zero-order valence-corrected chi connectivity index (χ0v) is 14.5. The Morgan fingerprint density at radius 3 is 2.52 bits per heavy atom. The number of carbonyl (C=O) groups excluding carboxylic acids is 2. The van der Waals surface area contributed by atoms with Crippen LogP contribution in [0.5, 0.6) is 5.75 Å². The van der Waals surface area contributed by atoms with Crippen LogP contribution in [0.4, 0.5) is 5.69 Å². The molecule has 1 aliphatic carbocycles. The van der Waals surface area contributed by atoms with Gasteiger partial charge in [-0.25, -0.2) is 0 Å². The van der Waals surface area contributed by atoms with Gasteiger partial charge in [0, 0.05) is 22.3 Å². The van der Waals surface area contributed by atoms with Crippen LogP contribution in [0.15, 0.2) is 48.5 Å². The van der Waals surface area contributed by atoms with Crippen molar-refractivity contribution in [1.29, 1.82) is 0 Å². The molecule has 0 radical (unpaired) electrons. The van der Waals surface area contributed by atoms with Crippen LogP contribution in [-0.4, -0.2) is 24.0 Å². The first-order valence-electron chi connectivity index (χ1n) is 8.15. The maximum absolute atomic E-state index is 12.2. The molecule has 1 saturated carbocycles. The third kappa shape index (κ3) is 4.97. The van der Waals surface area contributed by atoms with Crippen molar-refractivity contribution in [2.75, 3.05) is 5.32 Å². The van der Waals surface area contributed by atoms with E-state index in [4.69, 9.17) is 16.3 Å². The molecular formula is C19H19ClN2O3. The zero-order valence-electron chi connectivity index (χ0n) is 13.8. The van der Waals surface area contributed by atoms with Crippen LogP contribution in [0.2, 0.25) is 5.02 Å². The van der Waals surface area contributed by atoms with E-state index in [2.05, 4.69) is 10.6 Å². The summed E-state index contributed by atoms with van der Waals surface area (Å²) in [6.07, 6.45) is 1.41. The van der Waals surface area contributed by atoms with Gasteiger partial charge in [0.25, 0.3) is 11.8 Å². The lowest BCUT2D eigenvalue weighted by atomic mass is 10.2. The topological polar surface area (TPSA) is 67.4 Å². The molecule has 6 heteroatoms. The second-order valence-corrected chi connectivity index (χ2v) is 6.47. The molecule has 0 aromatic heterocycles. The summed E-state index contributed by atoms with van der Waals surface area (Å²) >= 11 is 5.90. The summed E-state index contributed by atoms with van der Waals surface area (Å²) in [7, 11) is 0. The van der Waals surface area contributed by atoms with Crippen LogP contribution in [0.25, 0.3) is 0 Å². The zero-order chi connectivity index (χ0) is 17.8. The van der Waals surface area contributed by atoms with Crippen molar-refractivity contribution < 1.29 is 14.3 Å². The Hall–Kier alpha value is -2.53. The van der Waals surface area contributed by atoms with Crippen LogP contribution in [-0.2, 0) is 4.79 Å². The Bertz CT molecular complexity index is 772. The lowest BCUT2D eigenvalue weighted by Gasteiger charge is -2.15. The van der Waals surface area contributed by atoms with E-state index >= 15 is 0 Å². The number of halogens is 1. The third-order valence-corrected chi connectivity index (χ3v) is 4.04. The highest BCUT2D eigenvalue weighted by Crippen LogP contribution is 2.20. The highest BCUT2D eigenvalue weighted by Gasteiger charge is 2.23. The van der Waals surface area contributed by atoms with Gasteiger partial charge in [-0.1, -0.05) is 17.7 Å². The van der Waals surface area contributed by atoms with Gasteiger partial charge in [-0.05, 0) is 62.2 Å². The average molecular weight is 359 g/mol. The molecule has 130 valence electrons. The summed E-state index contributed by atoms with van der Waals surface area (Å²) in [4.78, 5) is 24.2. The van der Waals surface area contributed by atoms with Gasteiger partial charge < -0.3 is 15.4 Å². The fourth-order valence-electron chi connectivity index (χ4n) is 2.24. The molecule has 0 heterocycles. The minimum Gasteiger partial charge on any atom is -0.481 e. The van der Waals surface area contributed by atoms with Crippen LogP contribution < -0.4 is 15.4 Å². The summed E-state index contributed by atoms with van der Waals surface area (Å²) < 4.78 is 5.58. The number of hydrogen-bond acceptors (Lipinski definition) is 3. The molecule has 1 atom stereocenters. The smallest absolute Gasteiger partial charge is 0.265 e. The predicted octanol–water partition coefficient (Wildman–Crippen LogP) is 3.64. The van der Waals surface area contributed by atoms with Gasteiger partial charge in [-0.3, -0.25) is 9.59 Å². The maximum Gasteiger partial charge on any atom is 0.265 e. The Morgan fingerprint density at radius 2 is 1.88 bits per heavy atom. The summed E-state index contributed by atoms with van der Waals surface area (Å²) in [6, 6.07) is 14.0. The quantitative estimate of drug-likeness (QED) is 0.828. The Kier molecular flexibility index (Phi) is 5.24. The van der Waals surface area contributed by atoms with Crippen LogP contribution in [0.1, 0.15) is 30.1 Å². The van der Waals surface area contributed by atoms with Crippen molar-refractivity contribution >= 4 is 29.1 Å². The summed E-state index contributed by atoms with van der Waals surface area (Å²) in [6.45, 7) is 1.66. The molecule has 2 aromatic rings. The molecule has 25 heavy (non-hydrogen) atoms. The number of rotatable bonds is 6. The lowest BCUT2D eigenvalue weighted by molar-refractivity contribution is -0.122. The first-order valence-corrected chi connectivity index (χ1v) is 8.53. The second kappa shape index (κ2) is 7.57. The van der Waals surface area contributed by atoms with Gasteiger partial charge in [0.2, 0.25) is 0 Å². The monoisotopic (exact) mass is 358 g/mol. The van der Waals surface area contributed by atoms with Gasteiger partial charge in [-0.2, -0.15) is 0 Å². The van der Waals surface area contributed by atoms with E-state index in [1.54, 1.807) is 55.5 Å². The maximum atomic E-state index is 12.2. The number of hydrogen-bond donors (Lipinski definition) is 2. The normalized spacial score (nSPS) is 14.5. The number of nitrogens with one attached hydrogen (secondary N) is 2. The first-order chi connectivity index (χ1) is 12.0. The van der Waals surface area contributed by atoms with Crippen molar-refractivity contribution in [2.24, 2.45) is 0 Å². The van der Waals surface area contributed by atoms with E-state index in [0.29, 0.717) is 28.1 Å². The minimum absolute atomic E-state index is 0.0852. The molecule has 1 aliphatic rings. The standard InChI is InChI=1S/C19H19ClN2O3/c1-12(25-17-4-2-3-14(20)11-17)18(23)21-15-7-5-13(6-8-15)19(24)22-16-9-10-16/h2-8,11-12,16H,9-10H2,1H3,(H,21,23)(H,22,24)/t12-/m1/s1. The van der Waals surface area contributed by atoms with E-state index < -0.39 is 6.10 Å². The number of anilines is 1. The lowest BCUT2D eigenvalue weighted by Crippen LogP contribution is -2.30. The fourth-order valence-corrected chi connectivity index (χ4v) is 2.42. The SMILES string of the molecule is C[C@@H](Oc1cccc(Cl)c1)C(=O)Nc1ccc(C(=O)NC2CC2)cc1. The summed E-state index contributed by atoms with van der Waals surface area (Å²) in [5, 5.41) is 6.24. The first kappa shape index (κ1) is 17.3. The molecule has 0 aliphatic heterocycles. The Morgan fingerprint density at radius 1 is 1.16 bits per heavy atom. The van der Waals surface area contributed by atoms with E-state index in [1.807, 2.05) is 0 Å². The molecule has 1 fully saturated rings. The van der Waals surface area contributed by atoms with E-state index in [0.717, 1.165) is 12.8 Å². The molecule has 0 saturated heterocycles. The number of amides is 2.